The second-order valence-corrected chi connectivity index (χ2v) is 7.22. The first-order chi connectivity index (χ1) is 9.54. The highest BCUT2D eigenvalue weighted by molar-refractivity contribution is 7.89. The molecule has 3 heterocycles. The Morgan fingerprint density at radius 1 is 1.19 bits per heavy atom. The van der Waals surface area contributed by atoms with Crippen molar-refractivity contribution in [2.75, 3.05) is 19.6 Å². The van der Waals surface area contributed by atoms with Crippen molar-refractivity contribution in [3.05, 3.63) is 29.8 Å². The molecule has 2 bridgehead atoms. The zero-order chi connectivity index (χ0) is 14.2. The normalized spacial score (nSPS) is 26.4. The summed E-state index contributed by atoms with van der Waals surface area (Å²) in [4.78, 5) is 4.96. The highest BCUT2D eigenvalue weighted by Gasteiger charge is 2.31. The second-order valence-electron chi connectivity index (χ2n) is 5.56. The fraction of sp³-hybridized carbons (Fsp3) is 0.500. The Kier molecular flexibility index (Phi) is 4.91. The van der Waals surface area contributed by atoms with Gasteiger partial charge >= 0.3 is 0 Å². The third-order valence-electron chi connectivity index (χ3n) is 4.09. The van der Waals surface area contributed by atoms with Gasteiger partial charge in [-0.1, -0.05) is 17.7 Å². The number of halogens is 1. The van der Waals surface area contributed by atoms with Gasteiger partial charge in [0, 0.05) is 12.5 Å². The van der Waals surface area contributed by atoms with Crippen molar-refractivity contribution in [3.63, 3.8) is 0 Å². The molecule has 5 nitrogen and oxygen atoms in total. The van der Waals surface area contributed by atoms with Gasteiger partial charge in [0.05, 0.1) is 10.6 Å². The van der Waals surface area contributed by atoms with Crippen molar-refractivity contribution >= 4 is 28.1 Å². The van der Waals surface area contributed by atoms with Crippen molar-refractivity contribution in [2.45, 2.75) is 24.7 Å². The van der Waals surface area contributed by atoms with Crippen LogP contribution in [0.5, 0.6) is 0 Å². The van der Waals surface area contributed by atoms with Crippen molar-refractivity contribution in [1.82, 2.24) is 9.73 Å². The number of nitrogens with zero attached hydrogens (tertiary/aromatic N) is 2. The van der Waals surface area contributed by atoms with E-state index < -0.39 is 10.0 Å². The van der Waals surface area contributed by atoms with Crippen molar-refractivity contribution in [3.8, 4) is 0 Å². The van der Waals surface area contributed by atoms with Gasteiger partial charge in [0.1, 0.15) is 0 Å². The first kappa shape index (κ1) is 16.3. The van der Waals surface area contributed by atoms with Crippen molar-refractivity contribution in [1.29, 1.82) is 0 Å². The molecule has 3 saturated heterocycles. The monoisotopic (exact) mass is 329 g/mol. The number of sulfonamides is 1. The average Bonchev–Trinajstić information content (AvgIpc) is 2.47. The predicted octanol–water partition coefficient (Wildman–Crippen LogP) is 1.78. The molecule has 3 fully saturated rings. The molecule has 116 valence electrons. The lowest BCUT2D eigenvalue weighted by Gasteiger charge is -2.39. The van der Waals surface area contributed by atoms with Gasteiger partial charge in [-0.3, -0.25) is 4.90 Å². The zero-order valence-electron chi connectivity index (χ0n) is 11.9. The molecular weight excluding hydrogens is 310 g/mol. The number of nitrogens with one attached hydrogen (secondary N) is 1. The largest absolute Gasteiger partial charge is 0.298 e. The summed E-state index contributed by atoms with van der Waals surface area (Å²) in [6.07, 6.45) is 2.18. The van der Waals surface area contributed by atoms with E-state index >= 15 is 0 Å². The molecule has 1 N–H and O–H groups in total. The predicted molar refractivity (Wildman–Crippen MR) is 85.3 cm³/mol. The summed E-state index contributed by atoms with van der Waals surface area (Å²) in [5, 5.41) is 4.17. The van der Waals surface area contributed by atoms with E-state index in [2.05, 4.69) is 14.8 Å². The van der Waals surface area contributed by atoms with E-state index in [1.807, 2.05) is 6.92 Å². The fourth-order valence-corrected chi connectivity index (χ4v) is 3.64. The van der Waals surface area contributed by atoms with Crippen LogP contribution in [0.3, 0.4) is 0 Å². The van der Waals surface area contributed by atoms with Gasteiger partial charge in [-0.2, -0.15) is 13.5 Å². The molecular formula is C14H20ClN3O2S. The summed E-state index contributed by atoms with van der Waals surface area (Å²) < 4.78 is 24.3. The Morgan fingerprint density at radius 2 is 1.81 bits per heavy atom. The molecule has 21 heavy (non-hydrogen) atoms. The SMILES string of the molecule is Cc1ccc(S(=O)(=O)N/N=C2/CN3CCC2CC3)cc1.Cl. The maximum absolute atomic E-state index is 12.2. The quantitative estimate of drug-likeness (QED) is 0.860. The van der Waals surface area contributed by atoms with Crippen molar-refractivity contribution < 1.29 is 8.42 Å². The lowest BCUT2D eigenvalue weighted by molar-refractivity contribution is 0.200. The van der Waals surface area contributed by atoms with Crippen LogP contribution in [0.4, 0.5) is 0 Å². The lowest BCUT2D eigenvalue weighted by atomic mass is 9.87. The Balaban J connectivity index is 0.00000161. The maximum atomic E-state index is 12.2. The standard InChI is InChI=1S/C14H19N3O2S.ClH/c1-11-2-4-13(5-3-11)20(18,19)16-15-14-10-17-8-6-12(14)7-9-17;/h2-5,12,16H,6-10H2,1H3;1H/b15-14-;. The molecule has 3 aliphatic rings. The minimum absolute atomic E-state index is 0. The molecule has 7 heteroatoms. The van der Waals surface area contributed by atoms with Gasteiger partial charge < -0.3 is 0 Å². The van der Waals surface area contributed by atoms with E-state index in [0.717, 1.165) is 43.8 Å². The Morgan fingerprint density at radius 3 is 2.33 bits per heavy atom. The van der Waals surface area contributed by atoms with E-state index in [9.17, 15) is 8.42 Å². The summed E-state index contributed by atoms with van der Waals surface area (Å²) in [7, 11) is -3.55. The molecule has 1 aromatic carbocycles. The number of hydrazone groups is 1. The van der Waals surface area contributed by atoms with Gasteiger partial charge in [-0.05, 0) is 45.0 Å². The van der Waals surface area contributed by atoms with Crippen LogP contribution in [-0.2, 0) is 10.0 Å². The van der Waals surface area contributed by atoms with Crippen molar-refractivity contribution in [2.24, 2.45) is 11.0 Å². The van der Waals surface area contributed by atoms with E-state index in [-0.39, 0.29) is 17.3 Å². The van der Waals surface area contributed by atoms with Crippen LogP contribution in [0.15, 0.2) is 34.3 Å². The first-order valence-corrected chi connectivity index (χ1v) is 8.40. The van der Waals surface area contributed by atoms with Gasteiger partial charge in [0.2, 0.25) is 0 Å². The summed E-state index contributed by atoms with van der Waals surface area (Å²) in [6.45, 7) is 4.93. The molecule has 0 atom stereocenters. The number of aryl methyl sites for hydroxylation is 1. The average molecular weight is 330 g/mol. The van der Waals surface area contributed by atoms with Crippen LogP contribution in [-0.4, -0.2) is 38.7 Å². The molecule has 0 spiro atoms. The Hall–Kier alpha value is -1.11. The number of piperidine rings is 3. The second kappa shape index (κ2) is 6.34. The van der Waals surface area contributed by atoms with Crippen LogP contribution in [0.1, 0.15) is 18.4 Å². The molecule has 3 aliphatic heterocycles. The number of fused-ring (bicyclic) bond motifs is 3. The molecule has 4 rings (SSSR count). The van der Waals surface area contributed by atoms with Crippen LogP contribution in [0, 0.1) is 12.8 Å². The van der Waals surface area contributed by atoms with Gasteiger partial charge in [-0.25, -0.2) is 4.83 Å². The summed E-state index contributed by atoms with van der Waals surface area (Å²) >= 11 is 0. The van der Waals surface area contributed by atoms with E-state index in [1.54, 1.807) is 24.3 Å². The van der Waals surface area contributed by atoms with Crippen LogP contribution in [0.25, 0.3) is 0 Å². The van der Waals surface area contributed by atoms with Gasteiger partial charge in [0.15, 0.2) is 0 Å². The number of rotatable bonds is 3. The molecule has 0 amide bonds. The molecule has 0 saturated carbocycles. The van der Waals surface area contributed by atoms with Crippen LogP contribution < -0.4 is 4.83 Å². The third-order valence-corrected chi connectivity index (χ3v) is 5.31. The van der Waals surface area contributed by atoms with E-state index in [4.69, 9.17) is 0 Å². The highest BCUT2D eigenvalue weighted by atomic mass is 35.5. The van der Waals surface area contributed by atoms with Crippen LogP contribution in [0.2, 0.25) is 0 Å². The smallest absolute Gasteiger partial charge is 0.276 e. The van der Waals surface area contributed by atoms with E-state index in [1.165, 1.54) is 0 Å². The molecule has 0 aromatic heterocycles. The first-order valence-electron chi connectivity index (χ1n) is 6.92. The maximum Gasteiger partial charge on any atom is 0.276 e. The highest BCUT2D eigenvalue weighted by Crippen LogP contribution is 2.25. The van der Waals surface area contributed by atoms with E-state index in [0.29, 0.717) is 5.92 Å². The fourth-order valence-electron chi connectivity index (χ4n) is 2.80. The summed E-state index contributed by atoms with van der Waals surface area (Å²) in [6, 6.07) is 6.79. The Labute approximate surface area is 131 Å². The number of hydrogen-bond acceptors (Lipinski definition) is 4. The van der Waals surface area contributed by atoms with Gasteiger partial charge in [-0.15, -0.1) is 12.4 Å². The Bertz CT molecular complexity index is 620. The molecule has 0 radical (unpaired) electrons. The number of benzene rings is 1. The zero-order valence-corrected chi connectivity index (χ0v) is 13.6. The lowest BCUT2D eigenvalue weighted by Crippen LogP contribution is -2.48. The molecule has 0 aliphatic carbocycles. The molecule has 1 aromatic rings. The summed E-state index contributed by atoms with van der Waals surface area (Å²) in [5.74, 6) is 0.445. The minimum Gasteiger partial charge on any atom is -0.298 e. The third kappa shape index (κ3) is 3.56. The van der Waals surface area contributed by atoms with Gasteiger partial charge in [0.25, 0.3) is 10.0 Å². The topological polar surface area (TPSA) is 61.8 Å². The molecule has 0 unspecified atom stereocenters. The summed E-state index contributed by atoms with van der Waals surface area (Å²) in [5.41, 5.74) is 2.01. The number of hydrogen-bond donors (Lipinski definition) is 1. The van der Waals surface area contributed by atoms with Crippen LogP contribution >= 0.6 is 12.4 Å². The minimum atomic E-state index is -3.55.